The molecule has 1 atom stereocenters. The van der Waals surface area contributed by atoms with E-state index in [9.17, 15) is 9.90 Å². The molecule has 5 heteroatoms. The Hall–Kier alpha value is -0.650. The van der Waals surface area contributed by atoms with Crippen molar-refractivity contribution in [1.82, 2.24) is 15.1 Å². The summed E-state index contributed by atoms with van der Waals surface area (Å²) in [6.45, 7) is 3.70. The molecule has 2 aliphatic rings. The summed E-state index contributed by atoms with van der Waals surface area (Å²) in [6, 6.07) is 0.345. The van der Waals surface area contributed by atoms with Gasteiger partial charge >= 0.3 is 0 Å². The Balaban J connectivity index is 1.81. The lowest BCUT2D eigenvalue weighted by molar-refractivity contribution is -0.139. The second-order valence-corrected chi connectivity index (χ2v) is 5.85. The van der Waals surface area contributed by atoms with E-state index in [4.69, 9.17) is 0 Å². The zero-order valence-electron chi connectivity index (χ0n) is 11.5. The molecule has 0 aromatic heterocycles. The molecular formula is C13H25N3O2. The minimum atomic E-state index is -1.10. The quantitative estimate of drug-likeness (QED) is 0.724. The van der Waals surface area contributed by atoms with Crippen molar-refractivity contribution >= 4 is 5.91 Å². The average molecular weight is 255 g/mol. The second-order valence-electron chi connectivity index (χ2n) is 5.85. The SMILES string of the molecule is CN1CCN(C)C(CNC(=O)C2(O)CCCC2)C1. The lowest BCUT2D eigenvalue weighted by Crippen LogP contribution is -2.56. The van der Waals surface area contributed by atoms with Gasteiger partial charge in [0, 0.05) is 32.2 Å². The van der Waals surface area contributed by atoms with Crippen molar-refractivity contribution in [3.05, 3.63) is 0 Å². The number of hydrogen-bond acceptors (Lipinski definition) is 4. The van der Waals surface area contributed by atoms with E-state index in [1.807, 2.05) is 0 Å². The molecular weight excluding hydrogens is 230 g/mol. The summed E-state index contributed by atoms with van der Waals surface area (Å²) in [6.07, 6.45) is 3.13. The Kier molecular flexibility index (Phi) is 4.25. The minimum absolute atomic E-state index is 0.179. The van der Waals surface area contributed by atoms with Gasteiger partial charge in [0.1, 0.15) is 5.60 Å². The van der Waals surface area contributed by atoms with Crippen LogP contribution in [0.5, 0.6) is 0 Å². The molecule has 2 N–H and O–H groups in total. The van der Waals surface area contributed by atoms with Crippen LogP contribution < -0.4 is 5.32 Å². The van der Waals surface area contributed by atoms with Crippen LogP contribution in [0.3, 0.4) is 0 Å². The van der Waals surface area contributed by atoms with Gasteiger partial charge in [-0.15, -0.1) is 0 Å². The number of carbonyl (C=O) groups is 1. The highest BCUT2D eigenvalue weighted by Crippen LogP contribution is 2.29. The molecule has 0 bridgehead atoms. The van der Waals surface area contributed by atoms with Crippen LogP contribution in [0.4, 0.5) is 0 Å². The fraction of sp³-hybridized carbons (Fsp3) is 0.923. The van der Waals surface area contributed by atoms with Gasteiger partial charge in [-0.05, 0) is 39.8 Å². The Morgan fingerprint density at radius 2 is 2.00 bits per heavy atom. The maximum Gasteiger partial charge on any atom is 0.252 e. The molecule has 0 aromatic carbocycles. The molecule has 2 fully saturated rings. The summed E-state index contributed by atoms with van der Waals surface area (Å²) < 4.78 is 0. The van der Waals surface area contributed by atoms with Crippen LogP contribution >= 0.6 is 0 Å². The highest BCUT2D eigenvalue weighted by Gasteiger charge is 2.39. The number of likely N-dealkylation sites (N-methyl/N-ethyl adjacent to an activating group) is 2. The van der Waals surface area contributed by atoms with Crippen LogP contribution in [-0.4, -0.2) is 72.7 Å². The molecule has 1 aliphatic heterocycles. The number of piperazine rings is 1. The van der Waals surface area contributed by atoms with Crippen molar-refractivity contribution in [3.63, 3.8) is 0 Å². The molecule has 1 saturated carbocycles. The van der Waals surface area contributed by atoms with Gasteiger partial charge < -0.3 is 15.3 Å². The first-order chi connectivity index (χ1) is 8.51. The van der Waals surface area contributed by atoms with Crippen molar-refractivity contribution in [3.8, 4) is 0 Å². The zero-order valence-corrected chi connectivity index (χ0v) is 11.5. The molecule has 1 aliphatic carbocycles. The number of aliphatic hydroxyl groups is 1. The monoisotopic (exact) mass is 255 g/mol. The Labute approximate surface area is 109 Å². The number of hydrogen-bond donors (Lipinski definition) is 2. The first-order valence-corrected chi connectivity index (χ1v) is 6.91. The Morgan fingerprint density at radius 3 is 2.67 bits per heavy atom. The third kappa shape index (κ3) is 3.02. The standard InChI is InChI=1S/C13H25N3O2/c1-15-7-8-16(2)11(10-15)9-14-12(17)13(18)5-3-4-6-13/h11,18H,3-10H2,1-2H3,(H,14,17). The van der Waals surface area contributed by atoms with Gasteiger partial charge in [0.2, 0.25) is 0 Å². The van der Waals surface area contributed by atoms with E-state index in [1.165, 1.54) is 0 Å². The number of amides is 1. The topological polar surface area (TPSA) is 55.8 Å². The van der Waals surface area contributed by atoms with Crippen molar-refractivity contribution in [2.45, 2.75) is 37.3 Å². The molecule has 1 amide bonds. The maximum absolute atomic E-state index is 12.0. The first kappa shape index (κ1) is 13.8. The highest BCUT2D eigenvalue weighted by atomic mass is 16.3. The number of nitrogens with zero attached hydrogens (tertiary/aromatic N) is 2. The molecule has 18 heavy (non-hydrogen) atoms. The summed E-state index contributed by atoms with van der Waals surface area (Å²) in [5, 5.41) is 13.1. The molecule has 0 aromatic rings. The van der Waals surface area contributed by atoms with Crippen LogP contribution in [0.2, 0.25) is 0 Å². The van der Waals surface area contributed by atoms with E-state index < -0.39 is 5.60 Å². The van der Waals surface area contributed by atoms with Crippen molar-refractivity contribution in [2.75, 3.05) is 40.3 Å². The Morgan fingerprint density at radius 1 is 1.33 bits per heavy atom. The second kappa shape index (κ2) is 5.55. The predicted molar refractivity (Wildman–Crippen MR) is 70.3 cm³/mol. The summed E-state index contributed by atoms with van der Waals surface area (Å²) in [4.78, 5) is 16.6. The lowest BCUT2D eigenvalue weighted by Gasteiger charge is -2.38. The van der Waals surface area contributed by atoms with Crippen molar-refractivity contribution < 1.29 is 9.90 Å². The number of nitrogens with one attached hydrogen (secondary N) is 1. The van der Waals surface area contributed by atoms with Gasteiger partial charge in [0.25, 0.3) is 5.91 Å². The molecule has 2 rings (SSSR count). The summed E-state index contributed by atoms with van der Waals surface area (Å²) in [7, 11) is 4.19. The third-order valence-corrected chi connectivity index (χ3v) is 4.33. The van der Waals surface area contributed by atoms with Gasteiger partial charge in [0.15, 0.2) is 0 Å². The van der Waals surface area contributed by atoms with Gasteiger partial charge in [0.05, 0.1) is 0 Å². The zero-order chi connectivity index (χ0) is 13.2. The predicted octanol–water partition coefficient (Wildman–Crippen LogP) is -0.346. The van der Waals surface area contributed by atoms with E-state index in [2.05, 4.69) is 29.2 Å². The van der Waals surface area contributed by atoms with E-state index >= 15 is 0 Å². The summed E-state index contributed by atoms with van der Waals surface area (Å²) >= 11 is 0. The van der Waals surface area contributed by atoms with Crippen molar-refractivity contribution in [1.29, 1.82) is 0 Å². The number of carbonyl (C=O) groups excluding carboxylic acids is 1. The van der Waals surface area contributed by atoms with Crippen LogP contribution in [-0.2, 0) is 4.79 Å². The first-order valence-electron chi connectivity index (χ1n) is 6.91. The van der Waals surface area contributed by atoms with Gasteiger partial charge in [-0.25, -0.2) is 0 Å². The van der Waals surface area contributed by atoms with Crippen LogP contribution in [0.1, 0.15) is 25.7 Å². The van der Waals surface area contributed by atoms with Crippen LogP contribution in [0, 0.1) is 0 Å². The molecule has 0 spiro atoms. The van der Waals surface area contributed by atoms with E-state index in [0.717, 1.165) is 32.5 Å². The molecule has 1 saturated heterocycles. The molecule has 104 valence electrons. The maximum atomic E-state index is 12.0. The van der Waals surface area contributed by atoms with Gasteiger partial charge in [-0.3, -0.25) is 9.69 Å². The summed E-state index contributed by atoms with van der Waals surface area (Å²) in [5.74, 6) is -0.179. The average Bonchev–Trinajstić information content (AvgIpc) is 2.78. The smallest absolute Gasteiger partial charge is 0.252 e. The molecule has 1 heterocycles. The summed E-state index contributed by atoms with van der Waals surface area (Å²) in [5.41, 5.74) is -1.10. The fourth-order valence-electron chi connectivity index (χ4n) is 2.88. The van der Waals surface area contributed by atoms with Gasteiger partial charge in [-0.1, -0.05) is 0 Å². The third-order valence-electron chi connectivity index (χ3n) is 4.33. The van der Waals surface area contributed by atoms with E-state index in [1.54, 1.807) is 0 Å². The minimum Gasteiger partial charge on any atom is -0.380 e. The lowest BCUT2D eigenvalue weighted by atomic mass is 10.0. The molecule has 0 radical (unpaired) electrons. The van der Waals surface area contributed by atoms with Crippen LogP contribution in [0.15, 0.2) is 0 Å². The Bertz CT molecular complexity index is 303. The van der Waals surface area contributed by atoms with Crippen LogP contribution in [0.25, 0.3) is 0 Å². The van der Waals surface area contributed by atoms with Gasteiger partial charge in [-0.2, -0.15) is 0 Å². The fourth-order valence-corrected chi connectivity index (χ4v) is 2.88. The van der Waals surface area contributed by atoms with E-state index in [-0.39, 0.29) is 5.91 Å². The van der Waals surface area contributed by atoms with E-state index in [0.29, 0.717) is 25.4 Å². The number of rotatable bonds is 3. The normalized spacial score (nSPS) is 29.4. The highest BCUT2D eigenvalue weighted by molar-refractivity contribution is 5.85. The largest absolute Gasteiger partial charge is 0.380 e. The molecule has 1 unspecified atom stereocenters. The molecule has 5 nitrogen and oxygen atoms in total. The van der Waals surface area contributed by atoms with Crippen molar-refractivity contribution in [2.24, 2.45) is 0 Å².